The Balaban J connectivity index is 1.68. The van der Waals surface area contributed by atoms with Crippen LogP contribution >= 0.6 is 0 Å². The van der Waals surface area contributed by atoms with Crippen molar-refractivity contribution < 1.29 is 9.59 Å². The SMILES string of the molecule is Cc1nn(CCC(=O)N2CC(=O)N(c3ccccc3C#N)CC2C)c(C)c1C. The summed E-state index contributed by atoms with van der Waals surface area (Å²) in [5, 5.41) is 13.8. The van der Waals surface area contributed by atoms with E-state index in [1.807, 2.05) is 38.4 Å². The number of hydrogen-bond donors (Lipinski definition) is 0. The van der Waals surface area contributed by atoms with Crippen molar-refractivity contribution in [2.24, 2.45) is 0 Å². The smallest absolute Gasteiger partial charge is 0.246 e. The molecule has 7 nitrogen and oxygen atoms in total. The van der Waals surface area contributed by atoms with E-state index in [0.29, 0.717) is 30.8 Å². The molecule has 0 saturated carbocycles. The van der Waals surface area contributed by atoms with Crippen LogP contribution in [0.1, 0.15) is 35.9 Å². The third-order valence-corrected chi connectivity index (χ3v) is 5.50. The van der Waals surface area contributed by atoms with Gasteiger partial charge in [-0.3, -0.25) is 14.3 Å². The van der Waals surface area contributed by atoms with Crippen LogP contribution in [0.15, 0.2) is 24.3 Å². The van der Waals surface area contributed by atoms with Gasteiger partial charge in [0, 0.05) is 31.2 Å². The zero-order chi connectivity index (χ0) is 20.4. The molecule has 0 aliphatic carbocycles. The Morgan fingerprint density at radius 1 is 1.29 bits per heavy atom. The van der Waals surface area contributed by atoms with Crippen molar-refractivity contribution in [1.29, 1.82) is 5.26 Å². The zero-order valence-electron chi connectivity index (χ0n) is 16.8. The average molecular weight is 379 g/mol. The summed E-state index contributed by atoms with van der Waals surface area (Å²) in [6, 6.07) is 9.05. The molecule has 1 aromatic heterocycles. The van der Waals surface area contributed by atoms with Crippen LogP contribution in [0.2, 0.25) is 0 Å². The first kappa shape index (κ1) is 19.6. The summed E-state index contributed by atoms with van der Waals surface area (Å²) < 4.78 is 1.86. The number of rotatable bonds is 4. The van der Waals surface area contributed by atoms with Gasteiger partial charge >= 0.3 is 0 Å². The molecule has 2 aromatic rings. The Bertz CT molecular complexity index is 956. The van der Waals surface area contributed by atoms with Crippen molar-refractivity contribution in [1.82, 2.24) is 14.7 Å². The molecule has 3 rings (SSSR count). The lowest BCUT2D eigenvalue weighted by atomic mass is 10.1. The number of carbonyl (C=O) groups is 2. The van der Waals surface area contributed by atoms with E-state index in [9.17, 15) is 14.9 Å². The second-order valence-electron chi connectivity index (χ2n) is 7.27. The molecule has 0 radical (unpaired) electrons. The Morgan fingerprint density at radius 3 is 2.64 bits per heavy atom. The second-order valence-corrected chi connectivity index (χ2v) is 7.27. The fourth-order valence-electron chi connectivity index (χ4n) is 3.57. The second kappa shape index (κ2) is 7.85. The molecule has 1 aliphatic heterocycles. The number of amides is 2. The zero-order valence-corrected chi connectivity index (χ0v) is 16.8. The molecule has 1 fully saturated rings. The Kier molecular flexibility index (Phi) is 5.50. The summed E-state index contributed by atoms with van der Waals surface area (Å²) in [5.41, 5.74) is 4.24. The van der Waals surface area contributed by atoms with Gasteiger partial charge in [-0.1, -0.05) is 12.1 Å². The van der Waals surface area contributed by atoms with Gasteiger partial charge in [-0.05, 0) is 45.4 Å². The van der Waals surface area contributed by atoms with Gasteiger partial charge in [-0.2, -0.15) is 10.4 Å². The maximum Gasteiger partial charge on any atom is 0.246 e. The molecule has 7 heteroatoms. The number of piperazine rings is 1. The molecule has 1 atom stereocenters. The van der Waals surface area contributed by atoms with Crippen molar-refractivity contribution >= 4 is 17.5 Å². The highest BCUT2D eigenvalue weighted by molar-refractivity contribution is 5.99. The molecule has 2 amide bonds. The number of aryl methyl sites for hydroxylation is 2. The summed E-state index contributed by atoms with van der Waals surface area (Å²) in [5.74, 6) is -0.226. The van der Waals surface area contributed by atoms with Gasteiger partial charge in [0.25, 0.3) is 0 Å². The number of nitrogens with zero attached hydrogens (tertiary/aromatic N) is 5. The molecule has 1 aromatic carbocycles. The fourth-order valence-corrected chi connectivity index (χ4v) is 3.57. The minimum absolute atomic E-state index is 0.0237. The Hall–Kier alpha value is -3.14. The first-order chi connectivity index (χ1) is 13.3. The van der Waals surface area contributed by atoms with Crippen LogP contribution in [-0.2, 0) is 16.1 Å². The monoisotopic (exact) mass is 379 g/mol. The number of para-hydroxylation sites is 1. The van der Waals surface area contributed by atoms with Crippen LogP contribution in [0.25, 0.3) is 0 Å². The van der Waals surface area contributed by atoms with E-state index in [0.717, 1.165) is 17.0 Å². The predicted octanol–water partition coefficient (Wildman–Crippen LogP) is 2.33. The highest BCUT2D eigenvalue weighted by Crippen LogP contribution is 2.24. The van der Waals surface area contributed by atoms with Gasteiger partial charge in [0.2, 0.25) is 11.8 Å². The first-order valence-electron chi connectivity index (χ1n) is 9.43. The molecule has 146 valence electrons. The third kappa shape index (κ3) is 3.63. The minimum Gasteiger partial charge on any atom is -0.329 e. The summed E-state index contributed by atoms with van der Waals surface area (Å²) >= 11 is 0. The highest BCUT2D eigenvalue weighted by Gasteiger charge is 2.33. The number of benzene rings is 1. The summed E-state index contributed by atoms with van der Waals surface area (Å²) in [6.45, 7) is 8.81. The minimum atomic E-state index is -0.170. The molecule has 1 saturated heterocycles. The van der Waals surface area contributed by atoms with Crippen LogP contribution in [0.5, 0.6) is 0 Å². The number of anilines is 1. The average Bonchev–Trinajstić information content (AvgIpc) is 2.94. The van der Waals surface area contributed by atoms with E-state index < -0.39 is 0 Å². The van der Waals surface area contributed by atoms with Crippen molar-refractivity contribution in [2.75, 3.05) is 18.0 Å². The molecule has 1 unspecified atom stereocenters. The van der Waals surface area contributed by atoms with E-state index in [1.54, 1.807) is 28.0 Å². The van der Waals surface area contributed by atoms with Gasteiger partial charge in [-0.15, -0.1) is 0 Å². The number of hydrogen-bond acceptors (Lipinski definition) is 4. The third-order valence-electron chi connectivity index (χ3n) is 5.50. The van der Waals surface area contributed by atoms with E-state index in [2.05, 4.69) is 11.2 Å². The normalized spacial score (nSPS) is 17.0. The van der Waals surface area contributed by atoms with Crippen LogP contribution in [0, 0.1) is 32.1 Å². The Morgan fingerprint density at radius 2 is 2.00 bits per heavy atom. The Labute approximate surface area is 165 Å². The first-order valence-corrected chi connectivity index (χ1v) is 9.43. The van der Waals surface area contributed by atoms with E-state index in [4.69, 9.17) is 0 Å². The topological polar surface area (TPSA) is 82.2 Å². The van der Waals surface area contributed by atoms with Crippen LogP contribution < -0.4 is 4.90 Å². The summed E-state index contributed by atoms with van der Waals surface area (Å²) in [7, 11) is 0. The molecule has 28 heavy (non-hydrogen) atoms. The molecule has 0 spiro atoms. The van der Waals surface area contributed by atoms with Gasteiger partial charge in [0.15, 0.2) is 0 Å². The summed E-state index contributed by atoms with van der Waals surface area (Å²) in [4.78, 5) is 28.7. The van der Waals surface area contributed by atoms with E-state index in [-0.39, 0.29) is 24.4 Å². The largest absolute Gasteiger partial charge is 0.329 e. The van der Waals surface area contributed by atoms with E-state index in [1.165, 1.54) is 0 Å². The molecule has 0 N–H and O–H groups in total. The lowest BCUT2D eigenvalue weighted by molar-refractivity contribution is -0.139. The predicted molar refractivity (Wildman–Crippen MR) is 106 cm³/mol. The number of aromatic nitrogens is 2. The molecule has 2 heterocycles. The maximum absolute atomic E-state index is 12.8. The van der Waals surface area contributed by atoms with Crippen molar-refractivity contribution in [3.63, 3.8) is 0 Å². The standard InChI is InChI=1S/C21H25N5O2/c1-14-12-25(19-8-6-5-7-18(19)11-22)21(28)13-24(14)20(27)9-10-26-17(4)15(2)16(3)23-26/h5-8,14H,9-10,12-13H2,1-4H3. The molecular weight excluding hydrogens is 354 g/mol. The van der Waals surface area contributed by atoms with E-state index >= 15 is 0 Å². The van der Waals surface area contributed by atoms with Gasteiger partial charge in [-0.25, -0.2) is 0 Å². The number of carbonyl (C=O) groups excluding carboxylic acids is 2. The summed E-state index contributed by atoms with van der Waals surface area (Å²) in [6.07, 6.45) is 0.299. The lowest BCUT2D eigenvalue weighted by Gasteiger charge is -2.39. The maximum atomic E-state index is 12.8. The van der Waals surface area contributed by atoms with Crippen molar-refractivity contribution in [3.05, 3.63) is 46.8 Å². The molecule has 1 aliphatic rings. The van der Waals surface area contributed by atoms with Gasteiger partial charge in [0.05, 0.1) is 16.9 Å². The highest BCUT2D eigenvalue weighted by atomic mass is 16.2. The quantitative estimate of drug-likeness (QED) is 0.816. The van der Waals surface area contributed by atoms with Crippen molar-refractivity contribution in [2.45, 2.75) is 46.7 Å². The lowest BCUT2D eigenvalue weighted by Crippen LogP contribution is -2.57. The molecule has 0 bridgehead atoms. The van der Waals surface area contributed by atoms with Crippen LogP contribution in [0.4, 0.5) is 5.69 Å². The fraction of sp³-hybridized carbons (Fsp3) is 0.429. The van der Waals surface area contributed by atoms with Crippen molar-refractivity contribution in [3.8, 4) is 6.07 Å². The van der Waals surface area contributed by atoms with Crippen LogP contribution in [-0.4, -0.2) is 45.6 Å². The van der Waals surface area contributed by atoms with Gasteiger partial charge < -0.3 is 9.80 Å². The molecular formula is C21H25N5O2. The van der Waals surface area contributed by atoms with Crippen LogP contribution in [0.3, 0.4) is 0 Å². The van der Waals surface area contributed by atoms with Gasteiger partial charge in [0.1, 0.15) is 12.6 Å². The number of nitriles is 1.